The van der Waals surface area contributed by atoms with Crippen molar-refractivity contribution >= 4 is 27.1 Å². The Morgan fingerprint density at radius 1 is 1.00 bits per heavy atom. The Bertz CT molecular complexity index is 821. The normalized spacial score (nSPS) is 15.4. The lowest BCUT2D eigenvalue weighted by molar-refractivity contribution is 0.602. The molecular formula is C19H20ClNO2S. The molecule has 0 aliphatic carbocycles. The summed E-state index contributed by atoms with van der Waals surface area (Å²) in [5, 5.41) is 2.20. The monoisotopic (exact) mass is 361 g/mol. The average molecular weight is 362 g/mol. The maximum Gasteiger partial charge on any atom is 0.175 e. The van der Waals surface area contributed by atoms with E-state index in [1.807, 2.05) is 54.6 Å². The molecular weight excluding hydrogens is 342 g/mol. The fraction of sp³-hybridized carbons (Fsp3) is 0.263. The second kappa shape index (κ2) is 7.41. The van der Waals surface area contributed by atoms with E-state index in [1.165, 1.54) is 5.41 Å². The number of hydrogen-bond donors (Lipinski definition) is 0. The van der Waals surface area contributed by atoms with E-state index >= 15 is 0 Å². The predicted molar refractivity (Wildman–Crippen MR) is 100 cm³/mol. The standard InChI is InChI=1S/C19H20ClNO2S/c20-18-7-4-8-19(13-18)21-11-9-17(10-12-21)15-24(22,23)14-16-5-2-1-3-6-16/h1-8,13,15H,9-12,14H2. The molecule has 0 atom stereocenters. The fourth-order valence-corrected chi connectivity index (χ4v) is 4.61. The third-order valence-corrected chi connectivity index (χ3v) is 5.80. The van der Waals surface area contributed by atoms with Crippen LogP contribution >= 0.6 is 11.6 Å². The second-order valence-electron chi connectivity index (χ2n) is 6.04. The van der Waals surface area contributed by atoms with Gasteiger partial charge in [0.15, 0.2) is 9.84 Å². The molecule has 0 bridgehead atoms. The first-order valence-electron chi connectivity index (χ1n) is 7.98. The van der Waals surface area contributed by atoms with Crippen LogP contribution in [0.25, 0.3) is 0 Å². The third kappa shape index (κ3) is 4.62. The van der Waals surface area contributed by atoms with Gasteiger partial charge >= 0.3 is 0 Å². The van der Waals surface area contributed by atoms with Crippen molar-refractivity contribution in [3.63, 3.8) is 0 Å². The maximum atomic E-state index is 12.4. The van der Waals surface area contributed by atoms with Crippen LogP contribution in [0.1, 0.15) is 18.4 Å². The van der Waals surface area contributed by atoms with Crippen molar-refractivity contribution in [1.82, 2.24) is 0 Å². The van der Waals surface area contributed by atoms with Gasteiger partial charge in [0.2, 0.25) is 0 Å². The Kier molecular flexibility index (Phi) is 5.27. The van der Waals surface area contributed by atoms with Gasteiger partial charge in [0, 0.05) is 29.2 Å². The van der Waals surface area contributed by atoms with Crippen molar-refractivity contribution < 1.29 is 8.42 Å². The maximum absolute atomic E-state index is 12.4. The first-order valence-corrected chi connectivity index (χ1v) is 10.1. The van der Waals surface area contributed by atoms with E-state index in [-0.39, 0.29) is 5.75 Å². The highest BCUT2D eigenvalue weighted by Gasteiger charge is 2.17. The summed E-state index contributed by atoms with van der Waals surface area (Å²) in [6.45, 7) is 1.63. The zero-order valence-corrected chi connectivity index (χ0v) is 14.9. The highest BCUT2D eigenvalue weighted by atomic mass is 35.5. The van der Waals surface area contributed by atoms with Crippen LogP contribution in [0.5, 0.6) is 0 Å². The number of anilines is 1. The SMILES string of the molecule is O=S(=O)(C=C1CCN(c2cccc(Cl)c2)CC1)Cc1ccccc1. The van der Waals surface area contributed by atoms with Gasteiger partial charge in [-0.15, -0.1) is 0 Å². The number of rotatable bonds is 4. The third-order valence-electron chi connectivity index (χ3n) is 4.14. The van der Waals surface area contributed by atoms with E-state index < -0.39 is 9.84 Å². The minimum Gasteiger partial charge on any atom is -0.371 e. The number of piperidine rings is 1. The summed E-state index contributed by atoms with van der Waals surface area (Å²) in [7, 11) is -3.22. The van der Waals surface area contributed by atoms with E-state index in [4.69, 9.17) is 11.6 Å². The summed E-state index contributed by atoms with van der Waals surface area (Å²) < 4.78 is 24.7. The molecule has 0 unspecified atom stereocenters. The van der Waals surface area contributed by atoms with Crippen molar-refractivity contribution in [2.75, 3.05) is 18.0 Å². The fourth-order valence-electron chi connectivity index (χ4n) is 2.94. The summed E-state index contributed by atoms with van der Waals surface area (Å²) in [5.74, 6) is 0.0648. The van der Waals surface area contributed by atoms with Crippen LogP contribution in [-0.4, -0.2) is 21.5 Å². The molecule has 0 N–H and O–H groups in total. The number of sulfone groups is 1. The second-order valence-corrected chi connectivity index (χ2v) is 8.32. The van der Waals surface area contributed by atoms with Crippen LogP contribution in [0.15, 0.2) is 65.6 Å². The molecule has 1 fully saturated rings. The first kappa shape index (κ1) is 17.1. The van der Waals surface area contributed by atoms with Crippen LogP contribution in [-0.2, 0) is 15.6 Å². The van der Waals surface area contributed by atoms with Crippen LogP contribution in [0.4, 0.5) is 5.69 Å². The summed E-state index contributed by atoms with van der Waals surface area (Å²) in [6.07, 6.45) is 1.53. The van der Waals surface area contributed by atoms with Crippen molar-refractivity contribution in [3.05, 3.63) is 76.2 Å². The summed E-state index contributed by atoms with van der Waals surface area (Å²) in [4.78, 5) is 2.24. The van der Waals surface area contributed by atoms with Gasteiger partial charge in [-0.3, -0.25) is 0 Å². The Balaban J connectivity index is 1.64. The Labute approximate surface area is 148 Å². The van der Waals surface area contributed by atoms with E-state index in [1.54, 1.807) is 0 Å². The molecule has 1 aliphatic heterocycles. The van der Waals surface area contributed by atoms with Gasteiger partial charge in [-0.2, -0.15) is 0 Å². The van der Waals surface area contributed by atoms with E-state index in [9.17, 15) is 8.42 Å². The van der Waals surface area contributed by atoms with Crippen molar-refractivity contribution in [1.29, 1.82) is 0 Å². The molecule has 0 amide bonds. The van der Waals surface area contributed by atoms with Gasteiger partial charge in [0.1, 0.15) is 0 Å². The zero-order valence-electron chi connectivity index (χ0n) is 13.4. The molecule has 1 saturated heterocycles. The smallest absolute Gasteiger partial charge is 0.175 e. The molecule has 5 heteroatoms. The quantitative estimate of drug-likeness (QED) is 0.807. The molecule has 3 rings (SSSR count). The molecule has 1 heterocycles. The minimum atomic E-state index is -3.22. The lowest BCUT2D eigenvalue weighted by Gasteiger charge is -2.30. The van der Waals surface area contributed by atoms with Crippen LogP contribution in [0.2, 0.25) is 5.02 Å². The van der Waals surface area contributed by atoms with Crippen LogP contribution in [0, 0.1) is 0 Å². The Hall–Kier alpha value is -1.78. The Morgan fingerprint density at radius 2 is 1.71 bits per heavy atom. The molecule has 2 aromatic rings. The largest absolute Gasteiger partial charge is 0.371 e. The molecule has 0 aromatic heterocycles. The number of benzene rings is 2. The van der Waals surface area contributed by atoms with Crippen LogP contribution < -0.4 is 4.90 Å². The molecule has 24 heavy (non-hydrogen) atoms. The Morgan fingerprint density at radius 3 is 2.38 bits per heavy atom. The topological polar surface area (TPSA) is 37.4 Å². The predicted octanol–water partition coefficient (Wildman–Crippen LogP) is 4.44. The lowest BCUT2D eigenvalue weighted by atomic mass is 10.1. The molecule has 3 nitrogen and oxygen atoms in total. The van der Waals surface area contributed by atoms with E-state index in [2.05, 4.69) is 4.90 Å². The van der Waals surface area contributed by atoms with Crippen molar-refractivity contribution in [3.8, 4) is 0 Å². The molecule has 0 radical (unpaired) electrons. The van der Waals surface area contributed by atoms with Gasteiger partial charge in [-0.1, -0.05) is 53.6 Å². The van der Waals surface area contributed by atoms with E-state index in [0.717, 1.165) is 47.8 Å². The minimum absolute atomic E-state index is 0.0648. The summed E-state index contributed by atoms with van der Waals surface area (Å²) >= 11 is 6.04. The van der Waals surface area contributed by atoms with Gasteiger partial charge in [-0.25, -0.2) is 8.42 Å². The van der Waals surface area contributed by atoms with Gasteiger partial charge < -0.3 is 4.90 Å². The number of hydrogen-bond acceptors (Lipinski definition) is 3. The lowest BCUT2D eigenvalue weighted by Crippen LogP contribution is -2.30. The summed E-state index contributed by atoms with van der Waals surface area (Å²) in [6, 6.07) is 17.1. The molecule has 126 valence electrons. The molecule has 1 aliphatic rings. The average Bonchev–Trinajstić information content (AvgIpc) is 2.55. The number of nitrogens with zero attached hydrogens (tertiary/aromatic N) is 1. The van der Waals surface area contributed by atoms with Gasteiger partial charge in [0.25, 0.3) is 0 Å². The van der Waals surface area contributed by atoms with Gasteiger partial charge in [-0.05, 0) is 36.6 Å². The van der Waals surface area contributed by atoms with E-state index in [0.29, 0.717) is 0 Å². The first-order chi connectivity index (χ1) is 11.5. The van der Waals surface area contributed by atoms with Crippen molar-refractivity contribution in [2.45, 2.75) is 18.6 Å². The number of halogens is 1. The van der Waals surface area contributed by atoms with Crippen LogP contribution in [0.3, 0.4) is 0 Å². The highest BCUT2D eigenvalue weighted by Crippen LogP contribution is 2.26. The summed E-state index contributed by atoms with van der Waals surface area (Å²) in [5.41, 5.74) is 2.92. The molecule has 0 spiro atoms. The zero-order chi connectivity index (χ0) is 17.0. The highest BCUT2D eigenvalue weighted by molar-refractivity contribution is 7.93. The van der Waals surface area contributed by atoms with Gasteiger partial charge in [0.05, 0.1) is 5.75 Å². The molecule has 2 aromatic carbocycles. The molecule has 0 saturated carbocycles. The van der Waals surface area contributed by atoms with Crippen molar-refractivity contribution in [2.24, 2.45) is 0 Å².